The van der Waals surface area contributed by atoms with Crippen molar-refractivity contribution in [3.63, 3.8) is 0 Å². The molecule has 2 bridgehead atoms. The molecule has 51 heavy (non-hydrogen) atoms. The molecule has 7 rings (SSSR count). The molecule has 4 heterocycles. The van der Waals surface area contributed by atoms with Crippen molar-refractivity contribution in [1.29, 1.82) is 0 Å². The highest BCUT2D eigenvalue weighted by atomic mass is 35.5. The highest BCUT2D eigenvalue weighted by Crippen LogP contribution is 2.41. The number of carboxylic acid groups (broad SMARTS) is 1. The van der Waals surface area contributed by atoms with Gasteiger partial charge in [0.15, 0.2) is 11.5 Å². The number of carboxylic acids is 1. The van der Waals surface area contributed by atoms with Crippen LogP contribution in [0, 0.1) is 11.7 Å². The van der Waals surface area contributed by atoms with Gasteiger partial charge >= 0.3 is 6.09 Å². The fraction of sp³-hybridized carbons (Fsp3) is 0.342. The number of methoxy groups -OCH3 is 2. The minimum absolute atomic E-state index is 0.0212. The average Bonchev–Trinajstić information content (AvgIpc) is 3.12. The van der Waals surface area contributed by atoms with Crippen LogP contribution >= 0.6 is 23.2 Å². The van der Waals surface area contributed by atoms with Gasteiger partial charge in [0.05, 0.1) is 26.5 Å². The first-order valence-electron chi connectivity index (χ1n) is 16.6. The van der Waals surface area contributed by atoms with Gasteiger partial charge in [-0.25, -0.2) is 9.18 Å². The summed E-state index contributed by atoms with van der Waals surface area (Å²) >= 11 is 13.0. The lowest BCUT2D eigenvalue weighted by atomic mass is 9.77. The van der Waals surface area contributed by atoms with Crippen LogP contribution in [0.15, 0.2) is 79.1 Å². The van der Waals surface area contributed by atoms with Gasteiger partial charge in [-0.2, -0.15) is 0 Å². The number of rotatable bonds is 12. The summed E-state index contributed by atoms with van der Waals surface area (Å²) in [5.74, 6) is -2.79. The molecule has 0 saturated carbocycles. The Hall–Kier alpha value is -4.58. The first-order chi connectivity index (χ1) is 24.6. The van der Waals surface area contributed by atoms with E-state index in [4.69, 9.17) is 37.4 Å². The van der Waals surface area contributed by atoms with E-state index in [2.05, 4.69) is 4.90 Å². The van der Waals surface area contributed by atoms with Crippen molar-refractivity contribution in [2.75, 3.05) is 38.8 Å². The van der Waals surface area contributed by atoms with Crippen molar-refractivity contribution in [2.45, 2.75) is 43.7 Å². The number of aliphatic carboxylic acids is 1. The maximum atomic E-state index is 15.1. The molecule has 3 aliphatic rings. The Morgan fingerprint density at radius 3 is 2.22 bits per heavy atom. The van der Waals surface area contributed by atoms with Gasteiger partial charge in [-0.1, -0.05) is 65.7 Å². The lowest BCUT2D eigenvalue weighted by Gasteiger charge is -2.44. The molecule has 3 fully saturated rings. The number of hydrogen-bond acceptors (Lipinski definition) is 8. The number of aromatic nitrogens is 1. The molecule has 1 amide bonds. The summed E-state index contributed by atoms with van der Waals surface area (Å²) < 4.78 is 32.8. The Morgan fingerprint density at radius 1 is 0.980 bits per heavy atom. The molecule has 268 valence electrons. The number of nitrogens with zero attached hydrogens (tertiary/aromatic N) is 3. The van der Waals surface area contributed by atoms with Crippen molar-refractivity contribution in [3.8, 4) is 11.5 Å². The predicted octanol–water partition coefficient (Wildman–Crippen LogP) is 5.77. The number of piperidine rings is 3. The van der Waals surface area contributed by atoms with Gasteiger partial charge in [-0.15, -0.1) is 0 Å². The number of fused-ring (bicyclic) bond motifs is 3. The predicted molar refractivity (Wildman–Crippen MR) is 186 cm³/mol. The Balaban J connectivity index is 1.32. The number of para-hydroxylation sites is 1. The van der Waals surface area contributed by atoms with E-state index in [0.717, 1.165) is 30.7 Å². The summed E-state index contributed by atoms with van der Waals surface area (Å²) in [6.45, 7) is 2.60. The highest BCUT2D eigenvalue weighted by molar-refractivity contribution is 6.35. The molecular weight excluding hydrogens is 700 g/mol. The van der Waals surface area contributed by atoms with Crippen LogP contribution in [0.5, 0.6) is 11.5 Å². The highest BCUT2D eigenvalue weighted by Gasteiger charge is 2.38. The van der Waals surface area contributed by atoms with Crippen LogP contribution in [-0.4, -0.2) is 62.1 Å². The molecule has 0 aliphatic carbocycles. The Kier molecular flexibility index (Phi) is 11.2. The lowest BCUT2D eigenvalue weighted by Crippen LogP contribution is -2.53. The quantitative estimate of drug-likeness (QED) is 0.144. The van der Waals surface area contributed by atoms with E-state index in [-0.39, 0.29) is 40.7 Å². The molecule has 3 saturated heterocycles. The fourth-order valence-corrected chi connectivity index (χ4v) is 7.77. The van der Waals surface area contributed by atoms with Crippen LogP contribution in [0.4, 0.5) is 14.9 Å². The van der Waals surface area contributed by atoms with Crippen LogP contribution in [0.2, 0.25) is 10.0 Å². The van der Waals surface area contributed by atoms with E-state index in [1.807, 2.05) is 0 Å². The second kappa shape index (κ2) is 15.8. The first kappa shape index (κ1) is 36.2. The largest absolute Gasteiger partial charge is 0.549 e. The number of anilines is 1. The summed E-state index contributed by atoms with van der Waals surface area (Å²) in [4.78, 5) is 30.3. The third-order valence-electron chi connectivity index (χ3n) is 9.88. The molecule has 3 aliphatic heterocycles. The van der Waals surface area contributed by atoms with E-state index in [0.29, 0.717) is 40.3 Å². The van der Waals surface area contributed by atoms with Crippen molar-refractivity contribution in [3.05, 3.63) is 117 Å². The SMILES string of the molecule is COc1ccc([C@@H](Cc2c(Cl)c[n+](O)cc2Cl)C(C(=O)[O-])c2ccc(CN(C(=O)O[C@H]3CN4CCC3CC4)c3ccccc3F)cc2)cc1OC. The minimum Gasteiger partial charge on any atom is -0.549 e. The number of ether oxygens (including phenoxy) is 3. The molecule has 1 unspecified atom stereocenters. The topological polar surface area (TPSA) is 115 Å². The van der Waals surface area contributed by atoms with Crippen LogP contribution in [0.25, 0.3) is 0 Å². The normalized spacial score (nSPS) is 19.2. The van der Waals surface area contributed by atoms with Crippen LogP contribution in [-0.2, 0) is 22.5 Å². The summed E-state index contributed by atoms with van der Waals surface area (Å²) in [5, 5.41) is 23.3. The van der Waals surface area contributed by atoms with Crippen LogP contribution < -0.4 is 24.2 Å². The van der Waals surface area contributed by atoms with Gasteiger partial charge in [0.2, 0.25) is 12.4 Å². The van der Waals surface area contributed by atoms with Crippen molar-refractivity contribution >= 4 is 41.0 Å². The number of hydrogen-bond donors (Lipinski definition) is 1. The van der Waals surface area contributed by atoms with E-state index in [1.54, 1.807) is 54.6 Å². The van der Waals surface area contributed by atoms with Crippen molar-refractivity contribution in [1.82, 2.24) is 4.90 Å². The van der Waals surface area contributed by atoms with Crippen LogP contribution in [0.3, 0.4) is 0 Å². The maximum absolute atomic E-state index is 15.1. The molecule has 0 radical (unpaired) electrons. The number of benzene rings is 3. The smallest absolute Gasteiger partial charge is 0.415 e. The number of halogens is 3. The van der Waals surface area contributed by atoms with Gasteiger partial charge < -0.3 is 24.1 Å². The van der Waals surface area contributed by atoms with Gasteiger partial charge in [0, 0.05) is 34.6 Å². The van der Waals surface area contributed by atoms with E-state index in [9.17, 15) is 19.9 Å². The summed E-state index contributed by atoms with van der Waals surface area (Å²) in [6.07, 6.45) is 3.56. The van der Waals surface area contributed by atoms with E-state index < -0.39 is 29.7 Å². The van der Waals surface area contributed by atoms with Crippen molar-refractivity contribution < 1.29 is 43.2 Å². The molecule has 1 N–H and O–H groups in total. The third kappa shape index (κ3) is 8.01. The summed E-state index contributed by atoms with van der Waals surface area (Å²) in [5.41, 5.74) is 2.11. The second-order valence-corrected chi connectivity index (χ2v) is 13.7. The summed E-state index contributed by atoms with van der Waals surface area (Å²) in [7, 11) is 2.98. The first-order valence-corrected chi connectivity index (χ1v) is 17.4. The van der Waals surface area contributed by atoms with E-state index in [1.165, 1.54) is 43.6 Å². The standard InChI is InChI=1S/C38H38Cl2FN3O7/c1-49-33-12-11-26(17-34(33)50-2)27(18-28-29(39)20-43(48)21-30(28)40)36(37(45)46)25-9-7-23(8-10-25)19-44(32-6-4-3-5-31(32)41)38(47)51-35-22-42-15-13-24(35)14-16-42/h3-12,17,20-21,24,27,35-36H,13-16,18-19,22H2,1-2H3,(H-,45,46,48)/t27-,35+,36?/m1/s1. The zero-order chi connectivity index (χ0) is 36.2. The Bertz CT molecular complexity index is 1870. The van der Waals surface area contributed by atoms with Gasteiger partial charge in [0.1, 0.15) is 22.0 Å². The maximum Gasteiger partial charge on any atom is 0.415 e. The molecule has 0 spiro atoms. The van der Waals surface area contributed by atoms with Crippen molar-refractivity contribution in [2.24, 2.45) is 5.92 Å². The lowest BCUT2D eigenvalue weighted by molar-refractivity contribution is -0.904. The number of pyridine rings is 1. The van der Waals surface area contributed by atoms with Crippen LogP contribution in [0.1, 0.15) is 46.9 Å². The zero-order valence-electron chi connectivity index (χ0n) is 28.1. The third-order valence-corrected chi connectivity index (χ3v) is 10.5. The number of amides is 1. The summed E-state index contributed by atoms with van der Waals surface area (Å²) in [6, 6.07) is 17.8. The monoisotopic (exact) mass is 737 g/mol. The molecule has 1 aromatic heterocycles. The van der Waals surface area contributed by atoms with Gasteiger partial charge in [-0.05, 0) is 79.2 Å². The number of carbonyl (C=O) groups excluding carboxylic acids is 2. The van der Waals surface area contributed by atoms with E-state index >= 15 is 4.39 Å². The fourth-order valence-electron chi connectivity index (χ4n) is 7.17. The molecule has 4 aromatic rings. The molecular formula is C38H38Cl2FN3O7. The Morgan fingerprint density at radius 2 is 1.63 bits per heavy atom. The minimum atomic E-state index is -1.35. The van der Waals surface area contributed by atoms with Gasteiger partial charge in [-0.3, -0.25) is 15.0 Å². The molecule has 10 nitrogen and oxygen atoms in total. The molecule has 13 heteroatoms. The second-order valence-electron chi connectivity index (χ2n) is 12.9. The average molecular weight is 739 g/mol. The number of carbonyl (C=O) groups is 2. The molecule has 3 atom stereocenters. The zero-order valence-corrected chi connectivity index (χ0v) is 29.6. The Labute approximate surface area is 305 Å². The molecule has 3 aromatic carbocycles. The van der Waals surface area contributed by atoms with Gasteiger partial charge in [0.25, 0.3) is 0 Å².